The summed E-state index contributed by atoms with van der Waals surface area (Å²) in [6.07, 6.45) is 2.36. The number of nitrogens with zero attached hydrogens (tertiary/aromatic N) is 2. The van der Waals surface area contributed by atoms with E-state index in [2.05, 4.69) is 27.5 Å². The van der Waals surface area contributed by atoms with Crippen LogP contribution in [0.3, 0.4) is 0 Å². The Kier molecular flexibility index (Phi) is 3.10. The van der Waals surface area contributed by atoms with Crippen molar-refractivity contribution in [2.75, 3.05) is 25.5 Å². The Balaban J connectivity index is 2.34. The van der Waals surface area contributed by atoms with Crippen LogP contribution in [-0.2, 0) is 5.41 Å². The van der Waals surface area contributed by atoms with Crippen molar-refractivity contribution in [1.82, 2.24) is 15.3 Å². The highest BCUT2D eigenvalue weighted by molar-refractivity contribution is 5.36. The molecule has 1 aliphatic rings. The predicted molar refractivity (Wildman–Crippen MR) is 65.8 cm³/mol. The van der Waals surface area contributed by atoms with Crippen molar-refractivity contribution in [2.24, 2.45) is 0 Å². The van der Waals surface area contributed by atoms with Gasteiger partial charge in [0.1, 0.15) is 11.6 Å². The van der Waals surface area contributed by atoms with Crippen molar-refractivity contribution in [3.8, 4) is 0 Å². The fourth-order valence-corrected chi connectivity index (χ4v) is 2.21. The zero-order chi connectivity index (χ0) is 11.6. The second-order valence-corrected chi connectivity index (χ2v) is 4.81. The van der Waals surface area contributed by atoms with Crippen LogP contribution in [-0.4, -0.2) is 30.1 Å². The van der Waals surface area contributed by atoms with Crippen LogP contribution in [0.1, 0.15) is 31.3 Å². The molecular weight excluding hydrogens is 200 g/mol. The predicted octanol–water partition coefficient (Wildman–Crippen LogP) is 1.47. The molecule has 0 amide bonds. The van der Waals surface area contributed by atoms with Gasteiger partial charge in [0.2, 0.25) is 0 Å². The van der Waals surface area contributed by atoms with Gasteiger partial charge in [0.05, 0.1) is 0 Å². The number of hydrogen-bond donors (Lipinski definition) is 2. The summed E-state index contributed by atoms with van der Waals surface area (Å²) < 4.78 is 0. The van der Waals surface area contributed by atoms with E-state index in [9.17, 15) is 0 Å². The van der Waals surface area contributed by atoms with Crippen molar-refractivity contribution in [3.63, 3.8) is 0 Å². The minimum absolute atomic E-state index is 0.0792. The van der Waals surface area contributed by atoms with Crippen LogP contribution in [0.5, 0.6) is 0 Å². The highest BCUT2D eigenvalue weighted by Crippen LogP contribution is 2.28. The molecule has 88 valence electrons. The third kappa shape index (κ3) is 2.16. The Hall–Kier alpha value is -1.16. The molecule has 4 nitrogen and oxygen atoms in total. The zero-order valence-electron chi connectivity index (χ0n) is 10.3. The molecule has 1 aromatic rings. The molecule has 1 saturated heterocycles. The summed E-state index contributed by atoms with van der Waals surface area (Å²) in [6.45, 7) is 6.35. The standard InChI is InChI=1S/C12H20N4/c1-9-7-10(13-3)16-11(15-9)12(2)5-4-6-14-8-12/h7,14H,4-6,8H2,1-3H3,(H,13,15,16). The largest absolute Gasteiger partial charge is 0.373 e. The quantitative estimate of drug-likeness (QED) is 0.792. The Morgan fingerprint density at radius 1 is 1.44 bits per heavy atom. The molecule has 1 atom stereocenters. The first-order valence-electron chi connectivity index (χ1n) is 5.89. The van der Waals surface area contributed by atoms with E-state index in [0.717, 1.165) is 36.8 Å². The van der Waals surface area contributed by atoms with Gasteiger partial charge in [0.15, 0.2) is 0 Å². The van der Waals surface area contributed by atoms with Crippen molar-refractivity contribution in [3.05, 3.63) is 17.6 Å². The smallest absolute Gasteiger partial charge is 0.138 e. The molecule has 4 heteroatoms. The van der Waals surface area contributed by atoms with Gasteiger partial charge >= 0.3 is 0 Å². The van der Waals surface area contributed by atoms with E-state index < -0.39 is 0 Å². The van der Waals surface area contributed by atoms with Crippen LogP contribution < -0.4 is 10.6 Å². The number of aryl methyl sites for hydroxylation is 1. The van der Waals surface area contributed by atoms with E-state index in [1.807, 2.05) is 20.0 Å². The van der Waals surface area contributed by atoms with Crippen LogP contribution >= 0.6 is 0 Å². The number of piperidine rings is 1. The molecule has 1 fully saturated rings. The van der Waals surface area contributed by atoms with Crippen LogP contribution in [0.25, 0.3) is 0 Å². The summed E-state index contributed by atoms with van der Waals surface area (Å²) in [4.78, 5) is 9.17. The van der Waals surface area contributed by atoms with E-state index in [4.69, 9.17) is 0 Å². The molecule has 0 spiro atoms. The number of nitrogens with one attached hydrogen (secondary N) is 2. The topological polar surface area (TPSA) is 49.8 Å². The van der Waals surface area contributed by atoms with Gasteiger partial charge in [-0.15, -0.1) is 0 Å². The first-order valence-corrected chi connectivity index (χ1v) is 5.89. The van der Waals surface area contributed by atoms with Gasteiger partial charge < -0.3 is 10.6 Å². The van der Waals surface area contributed by atoms with Crippen molar-refractivity contribution in [2.45, 2.75) is 32.1 Å². The molecule has 1 unspecified atom stereocenters. The lowest BCUT2D eigenvalue weighted by Crippen LogP contribution is -2.42. The van der Waals surface area contributed by atoms with Crippen molar-refractivity contribution in [1.29, 1.82) is 0 Å². The molecule has 1 aromatic heterocycles. The van der Waals surface area contributed by atoms with E-state index >= 15 is 0 Å². The average molecular weight is 220 g/mol. The summed E-state index contributed by atoms with van der Waals surface area (Å²) in [5.74, 6) is 1.87. The number of anilines is 1. The molecule has 2 rings (SSSR count). The van der Waals surface area contributed by atoms with E-state index in [1.165, 1.54) is 6.42 Å². The van der Waals surface area contributed by atoms with E-state index in [0.29, 0.717) is 0 Å². The van der Waals surface area contributed by atoms with Crippen LogP contribution in [0, 0.1) is 6.92 Å². The van der Waals surface area contributed by atoms with Gasteiger partial charge in [0, 0.05) is 30.8 Å². The molecule has 16 heavy (non-hydrogen) atoms. The van der Waals surface area contributed by atoms with Crippen molar-refractivity contribution >= 4 is 5.82 Å². The fraction of sp³-hybridized carbons (Fsp3) is 0.667. The van der Waals surface area contributed by atoms with Gasteiger partial charge in [-0.25, -0.2) is 9.97 Å². The number of hydrogen-bond acceptors (Lipinski definition) is 4. The molecule has 0 bridgehead atoms. The Morgan fingerprint density at radius 2 is 2.25 bits per heavy atom. The highest BCUT2D eigenvalue weighted by Gasteiger charge is 2.31. The minimum atomic E-state index is 0.0792. The van der Waals surface area contributed by atoms with Gasteiger partial charge in [-0.3, -0.25) is 0 Å². The van der Waals surface area contributed by atoms with Gasteiger partial charge in [-0.1, -0.05) is 6.92 Å². The molecule has 0 radical (unpaired) electrons. The Morgan fingerprint density at radius 3 is 2.88 bits per heavy atom. The zero-order valence-corrected chi connectivity index (χ0v) is 10.3. The van der Waals surface area contributed by atoms with Gasteiger partial charge in [-0.2, -0.15) is 0 Å². The lowest BCUT2D eigenvalue weighted by Gasteiger charge is -2.32. The molecule has 1 aliphatic heterocycles. The van der Waals surface area contributed by atoms with E-state index in [-0.39, 0.29) is 5.41 Å². The number of aromatic nitrogens is 2. The molecule has 0 saturated carbocycles. The maximum Gasteiger partial charge on any atom is 0.138 e. The molecule has 2 heterocycles. The second kappa shape index (κ2) is 4.37. The summed E-state index contributed by atoms with van der Waals surface area (Å²) in [5, 5.41) is 6.52. The van der Waals surface area contributed by atoms with Crippen LogP contribution in [0.15, 0.2) is 6.07 Å². The van der Waals surface area contributed by atoms with Crippen LogP contribution in [0.2, 0.25) is 0 Å². The normalized spacial score (nSPS) is 25.4. The summed E-state index contributed by atoms with van der Waals surface area (Å²) in [6, 6.07) is 1.98. The highest BCUT2D eigenvalue weighted by atomic mass is 15.0. The average Bonchev–Trinajstić information content (AvgIpc) is 2.29. The second-order valence-electron chi connectivity index (χ2n) is 4.81. The maximum absolute atomic E-state index is 4.59. The summed E-state index contributed by atoms with van der Waals surface area (Å²) in [7, 11) is 1.90. The Bertz CT molecular complexity index is 369. The van der Waals surface area contributed by atoms with Gasteiger partial charge in [0.25, 0.3) is 0 Å². The third-order valence-electron chi connectivity index (χ3n) is 3.25. The lowest BCUT2D eigenvalue weighted by atomic mass is 9.82. The molecule has 0 aromatic carbocycles. The van der Waals surface area contributed by atoms with Crippen molar-refractivity contribution < 1.29 is 0 Å². The fourth-order valence-electron chi connectivity index (χ4n) is 2.21. The summed E-state index contributed by atoms with van der Waals surface area (Å²) in [5.41, 5.74) is 1.11. The SMILES string of the molecule is CNc1cc(C)nc(C2(C)CCCNC2)n1. The maximum atomic E-state index is 4.59. The molecule has 0 aliphatic carbocycles. The van der Waals surface area contributed by atoms with E-state index in [1.54, 1.807) is 0 Å². The first kappa shape index (κ1) is 11.3. The monoisotopic (exact) mass is 220 g/mol. The molecule has 2 N–H and O–H groups in total. The molecular formula is C12H20N4. The third-order valence-corrected chi connectivity index (χ3v) is 3.25. The lowest BCUT2D eigenvalue weighted by molar-refractivity contribution is 0.323. The summed E-state index contributed by atoms with van der Waals surface area (Å²) >= 11 is 0. The van der Waals surface area contributed by atoms with Crippen LogP contribution in [0.4, 0.5) is 5.82 Å². The number of rotatable bonds is 2. The Labute approximate surface area is 96.9 Å². The minimum Gasteiger partial charge on any atom is -0.373 e. The first-order chi connectivity index (χ1) is 7.64. The van der Waals surface area contributed by atoms with Gasteiger partial charge in [-0.05, 0) is 26.3 Å².